The van der Waals surface area contributed by atoms with Crippen molar-refractivity contribution < 1.29 is 27.3 Å². The van der Waals surface area contributed by atoms with E-state index in [2.05, 4.69) is 10.8 Å². The third-order valence-corrected chi connectivity index (χ3v) is 5.30. The Labute approximate surface area is 157 Å². The standard InChI is InChI=1S/C18H22N2O6S/c1-14(21)19-15-6-8-17(9-7-15)27(23,24)13-10-18(22)20-26-12-3-5-16-4-2-11-25-16/h2,4,6-9,11H,3,5,10,12-13H2,1H3,(H,19,21)(H,20,22). The van der Waals surface area contributed by atoms with Crippen LogP contribution in [0.4, 0.5) is 5.69 Å². The summed E-state index contributed by atoms with van der Waals surface area (Å²) in [7, 11) is -3.61. The second kappa shape index (κ2) is 9.89. The van der Waals surface area contributed by atoms with Crippen LogP contribution >= 0.6 is 0 Å². The minimum Gasteiger partial charge on any atom is -0.469 e. The van der Waals surface area contributed by atoms with Crippen molar-refractivity contribution in [3.05, 3.63) is 48.4 Å². The summed E-state index contributed by atoms with van der Waals surface area (Å²) in [5.74, 6) is -0.257. The highest BCUT2D eigenvalue weighted by atomic mass is 32.2. The molecule has 0 spiro atoms. The van der Waals surface area contributed by atoms with E-state index in [4.69, 9.17) is 9.25 Å². The lowest BCUT2D eigenvalue weighted by molar-refractivity contribution is -0.133. The largest absolute Gasteiger partial charge is 0.469 e. The molecule has 0 unspecified atom stereocenters. The highest BCUT2D eigenvalue weighted by Crippen LogP contribution is 2.16. The monoisotopic (exact) mass is 394 g/mol. The summed E-state index contributed by atoms with van der Waals surface area (Å²) in [6.45, 7) is 1.66. The van der Waals surface area contributed by atoms with Gasteiger partial charge in [-0.25, -0.2) is 13.9 Å². The SMILES string of the molecule is CC(=O)Nc1ccc(S(=O)(=O)CCC(=O)NOCCCc2ccco2)cc1. The lowest BCUT2D eigenvalue weighted by Crippen LogP contribution is -2.26. The van der Waals surface area contributed by atoms with Gasteiger partial charge in [0.05, 0.1) is 23.5 Å². The summed E-state index contributed by atoms with van der Waals surface area (Å²) in [4.78, 5) is 27.8. The van der Waals surface area contributed by atoms with Gasteiger partial charge < -0.3 is 9.73 Å². The molecule has 2 aromatic rings. The predicted molar refractivity (Wildman–Crippen MR) is 98.5 cm³/mol. The molecule has 0 saturated heterocycles. The van der Waals surface area contributed by atoms with Crippen LogP contribution in [0.3, 0.4) is 0 Å². The molecule has 2 N–H and O–H groups in total. The maximum absolute atomic E-state index is 12.3. The number of hydroxylamine groups is 1. The molecule has 0 atom stereocenters. The molecule has 1 aromatic heterocycles. The molecule has 0 radical (unpaired) electrons. The number of benzene rings is 1. The topological polar surface area (TPSA) is 115 Å². The molecule has 27 heavy (non-hydrogen) atoms. The number of hydrogen-bond donors (Lipinski definition) is 2. The summed E-state index contributed by atoms with van der Waals surface area (Å²) < 4.78 is 29.7. The van der Waals surface area contributed by atoms with Crippen LogP contribution in [-0.4, -0.2) is 32.6 Å². The van der Waals surface area contributed by atoms with Gasteiger partial charge in [-0.15, -0.1) is 0 Å². The lowest BCUT2D eigenvalue weighted by atomic mass is 10.3. The van der Waals surface area contributed by atoms with Crippen LogP contribution in [0.5, 0.6) is 0 Å². The Kier molecular flexibility index (Phi) is 7.56. The van der Waals surface area contributed by atoms with Crippen LogP contribution in [0, 0.1) is 0 Å². The average molecular weight is 394 g/mol. The minimum atomic E-state index is -3.61. The molecule has 0 fully saturated rings. The van der Waals surface area contributed by atoms with Gasteiger partial charge in [0.1, 0.15) is 5.76 Å². The zero-order valence-corrected chi connectivity index (χ0v) is 15.8. The van der Waals surface area contributed by atoms with E-state index in [0.29, 0.717) is 25.1 Å². The number of hydrogen-bond acceptors (Lipinski definition) is 6. The summed E-state index contributed by atoms with van der Waals surface area (Å²) in [5.41, 5.74) is 2.74. The number of sulfone groups is 1. The fourth-order valence-electron chi connectivity index (χ4n) is 2.25. The number of anilines is 1. The molecule has 0 aliphatic carbocycles. The molecule has 2 rings (SSSR count). The van der Waals surface area contributed by atoms with Gasteiger partial charge in [-0.1, -0.05) is 0 Å². The Hall–Kier alpha value is -2.65. The molecule has 0 aliphatic heterocycles. The molecule has 8 nitrogen and oxygen atoms in total. The lowest BCUT2D eigenvalue weighted by Gasteiger charge is -2.07. The van der Waals surface area contributed by atoms with Crippen molar-refractivity contribution in [1.29, 1.82) is 0 Å². The molecular formula is C18H22N2O6S. The second-order valence-corrected chi connectivity index (χ2v) is 7.94. The summed E-state index contributed by atoms with van der Waals surface area (Å²) in [6, 6.07) is 9.43. The van der Waals surface area contributed by atoms with Crippen molar-refractivity contribution in [2.45, 2.75) is 31.1 Å². The van der Waals surface area contributed by atoms with Crippen LogP contribution in [0.1, 0.15) is 25.5 Å². The van der Waals surface area contributed by atoms with Crippen LogP contribution in [-0.2, 0) is 30.7 Å². The highest BCUT2D eigenvalue weighted by molar-refractivity contribution is 7.91. The quantitative estimate of drug-likeness (QED) is 0.471. The Balaban J connectivity index is 1.70. The zero-order valence-electron chi connectivity index (χ0n) is 14.9. The number of amides is 2. The van der Waals surface area contributed by atoms with Crippen molar-refractivity contribution >= 4 is 27.3 Å². The van der Waals surface area contributed by atoms with Crippen LogP contribution < -0.4 is 10.8 Å². The number of carbonyl (C=O) groups excluding carboxylic acids is 2. The number of aryl methyl sites for hydroxylation is 1. The fraction of sp³-hybridized carbons (Fsp3) is 0.333. The van der Waals surface area contributed by atoms with Crippen LogP contribution in [0.15, 0.2) is 52.0 Å². The van der Waals surface area contributed by atoms with Crippen molar-refractivity contribution in [1.82, 2.24) is 5.48 Å². The van der Waals surface area contributed by atoms with Gasteiger partial charge in [-0.05, 0) is 42.8 Å². The smallest absolute Gasteiger partial charge is 0.244 e. The number of carbonyl (C=O) groups is 2. The van der Waals surface area contributed by atoms with Gasteiger partial charge in [0.25, 0.3) is 0 Å². The van der Waals surface area contributed by atoms with E-state index in [1.807, 2.05) is 6.07 Å². The van der Waals surface area contributed by atoms with E-state index in [0.717, 1.165) is 5.76 Å². The fourth-order valence-corrected chi connectivity index (χ4v) is 3.49. The van der Waals surface area contributed by atoms with Crippen LogP contribution in [0.25, 0.3) is 0 Å². The van der Waals surface area contributed by atoms with Crippen molar-refractivity contribution in [2.75, 3.05) is 17.7 Å². The van der Waals surface area contributed by atoms with E-state index in [1.54, 1.807) is 12.3 Å². The third kappa shape index (κ3) is 7.24. The van der Waals surface area contributed by atoms with Crippen LogP contribution in [0.2, 0.25) is 0 Å². The first kappa shape index (κ1) is 20.7. The van der Waals surface area contributed by atoms with E-state index in [-0.39, 0.29) is 23.0 Å². The third-order valence-electron chi connectivity index (χ3n) is 3.57. The number of rotatable bonds is 10. The molecule has 0 aliphatic rings. The maximum Gasteiger partial charge on any atom is 0.244 e. The summed E-state index contributed by atoms with van der Waals surface area (Å²) in [6.07, 6.45) is 2.72. The number of furan rings is 1. The summed E-state index contributed by atoms with van der Waals surface area (Å²) >= 11 is 0. The first-order valence-corrected chi connectivity index (χ1v) is 10.1. The predicted octanol–water partition coefficient (Wildman–Crippen LogP) is 2.08. The molecule has 146 valence electrons. The van der Waals surface area contributed by atoms with Gasteiger partial charge in [-0.2, -0.15) is 0 Å². The van der Waals surface area contributed by atoms with E-state index in [9.17, 15) is 18.0 Å². The van der Waals surface area contributed by atoms with Gasteiger partial charge in [-0.3, -0.25) is 14.4 Å². The molecule has 9 heteroatoms. The first-order valence-electron chi connectivity index (χ1n) is 8.40. The van der Waals surface area contributed by atoms with E-state index in [1.165, 1.54) is 31.2 Å². The zero-order chi connectivity index (χ0) is 19.7. The minimum absolute atomic E-state index is 0.0868. The number of nitrogens with one attached hydrogen (secondary N) is 2. The Morgan fingerprint density at radius 2 is 1.89 bits per heavy atom. The molecular weight excluding hydrogens is 372 g/mol. The van der Waals surface area contributed by atoms with Crippen molar-refractivity contribution in [3.63, 3.8) is 0 Å². The average Bonchev–Trinajstić information content (AvgIpc) is 3.13. The van der Waals surface area contributed by atoms with Crippen molar-refractivity contribution in [2.24, 2.45) is 0 Å². The van der Waals surface area contributed by atoms with Gasteiger partial charge >= 0.3 is 0 Å². The summed E-state index contributed by atoms with van der Waals surface area (Å²) in [5, 5.41) is 2.56. The second-order valence-electron chi connectivity index (χ2n) is 5.83. The van der Waals surface area contributed by atoms with Gasteiger partial charge in [0.15, 0.2) is 9.84 Å². The van der Waals surface area contributed by atoms with Gasteiger partial charge in [0.2, 0.25) is 11.8 Å². The molecule has 0 bridgehead atoms. The normalized spacial score (nSPS) is 11.1. The van der Waals surface area contributed by atoms with Gasteiger partial charge in [0, 0.05) is 25.5 Å². The molecule has 1 aromatic carbocycles. The first-order chi connectivity index (χ1) is 12.9. The maximum atomic E-state index is 12.3. The Morgan fingerprint density at radius 1 is 1.15 bits per heavy atom. The Bertz CT molecular complexity index is 844. The highest BCUT2D eigenvalue weighted by Gasteiger charge is 2.16. The molecule has 2 amide bonds. The van der Waals surface area contributed by atoms with E-state index < -0.39 is 15.7 Å². The molecule has 1 heterocycles. The van der Waals surface area contributed by atoms with E-state index >= 15 is 0 Å². The van der Waals surface area contributed by atoms with Crippen molar-refractivity contribution in [3.8, 4) is 0 Å². The molecule has 0 saturated carbocycles. The Morgan fingerprint density at radius 3 is 2.52 bits per heavy atom.